The van der Waals surface area contributed by atoms with Crippen LogP contribution >= 0.6 is 0 Å². The first-order valence-corrected chi connectivity index (χ1v) is 10.9. The maximum atomic E-state index is 12.8. The molecule has 0 atom stereocenters. The molecule has 1 fully saturated rings. The number of likely N-dealkylation sites (tertiary alicyclic amines) is 1. The number of carbonyl (C=O) groups excluding carboxylic acids is 1. The van der Waals surface area contributed by atoms with Gasteiger partial charge in [0.15, 0.2) is 0 Å². The van der Waals surface area contributed by atoms with Gasteiger partial charge in [-0.3, -0.25) is 9.78 Å². The highest BCUT2D eigenvalue weighted by molar-refractivity contribution is 6.15. The minimum atomic E-state index is 0.00471. The summed E-state index contributed by atoms with van der Waals surface area (Å²) >= 11 is 0. The van der Waals surface area contributed by atoms with Crippen molar-refractivity contribution in [2.45, 2.75) is 26.2 Å². The van der Waals surface area contributed by atoms with Gasteiger partial charge < -0.3 is 14.8 Å². The number of aromatic nitrogens is 2. The van der Waals surface area contributed by atoms with Crippen LogP contribution in [0.25, 0.3) is 32.6 Å². The lowest BCUT2D eigenvalue weighted by Crippen LogP contribution is -2.37. The van der Waals surface area contributed by atoms with Gasteiger partial charge in [-0.25, -0.2) is 0 Å². The summed E-state index contributed by atoms with van der Waals surface area (Å²) < 4.78 is 2.23. The molecule has 0 unspecified atom stereocenters. The molecule has 1 saturated heterocycles. The quantitative estimate of drug-likeness (QED) is 0.552. The van der Waals surface area contributed by atoms with Crippen molar-refractivity contribution >= 4 is 38.5 Å². The molecule has 0 spiro atoms. The van der Waals surface area contributed by atoms with Crippen LogP contribution in [0, 0.1) is 6.92 Å². The number of benzene rings is 2. The van der Waals surface area contributed by atoms with E-state index in [0.29, 0.717) is 6.54 Å². The van der Waals surface area contributed by atoms with Crippen LogP contribution in [0.5, 0.6) is 0 Å². The molecule has 1 aliphatic rings. The molecule has 1 N–H and O–H groups in total. The molecule has 0 bridgehead atoms. The number of piperidine rings is 1. The molecule has 3 heterocycles. The summed E-state index contributed by atoms with van der Waals surface area (Å²) in [6.45, 7) is 6.10. The van der Waals surface area contributed by atoms with E-state index >= 15 is 0 Å². The summed E-state index contributed by atoms with van der Waals surface area (Å²) in [6, 6.07) is 10.3. The van der Waals surface area contributed by atoms with Crippen molar-refractivity contribution in [3.05, 3.63) is 53.9 Å². The van der Waals surface area contributed by atoms with E-state index in [0.717, 1.165) is 41.5 Å². The smallest absolute Gasteiger partial charge is 0.251 e. The van der Waals surface area contributed by atoms with Gasteiger partial charge in [0.05, 0.1) is 5.52 Å². The Morgan fingerprint density at radius 1 is 1.07 bits per heavy atom. The average Bonchev–Trinajstić information content (AvgIpc) is 3.06. The molecule has 0 saturated carbocycles. The number of amides is 1. The topological polar surface area (TPSA) is 50.2 Å². The number of nitrogens with one attached hydrogen (secondary N) is 1. The van der Waals surface area contributed by atoms with E-state index < -0.39 is 0 Å². The van der Waals surface area contributed by atoms with Crippen molar-refractivity contribution in [3.8, 4) is 0 Å². The van der Waals surface area contributed by atoms with Gasteiger partial charge in [-0.1, -0.05) is 6.42 Å². The van der Waals surface area contributed by atoms with Crippen molar-refractivity contribution in [2.75, 3.05) is 26.2 Å². The fourth-order valence-electron chi connectivity index (χ4n) is 4.97. The fraction of sp³-hybridized carbons (Fsp3) is 0.360. The first-order valence-electron chi connectivity index (χ1n) is 10.9. The standard InChI is InChI=1S/C25H28N4O/c1-17-20-8-9-26-16-19(20)15-22-21-14-18(6-7-23(21)28(2)24(17)22)25(30)27-10-13-29-11-4-3-5-12-29/h6-9,14-16H,3-5,10-13H2,1-2H3,(H,27,30). The molecule has 5 nitrogen and oxygen atoms in total. The maximum Gasteiger partial charge on any atom is 0.251 e. The molecule has 4 aromatic rings. The zero-order valence-corrected chi connectivity index (χ0v) is 17.7. The number of fused-ring (bicyclic) bond motifs is 4. The van der Waals surface area contributed by atoms with Crippen LogP contribution in [-0.2, 0) is 7.05 Å². The lowest BCUT2D eigenvalue weighted by molar-refractivity contribution is 0.0946. The second kappa shape index (κ2) is 7.73. The van der Waals surface area contributed by atoms with Gasteiger partial charge in [0.25, 0.3) is 5.91 Å². The van der Waals surface area contributed by atoms with E-state index in [1.807, 2.05) is 24.5 Å². The van der Waals surface area contributed by atoms with Crippen LogP contribution in [0.2, 0.25) is 0 Å². The number of hydrogen-bond donors (Lipinski definition) is 1. The van der Waals surface area contributed by atoms with Crippen LogP contribution in [0.4, 0.5) is 0 Å². The Morgan fingerprint density at radius 2 is 1.90 bits per heavy atom. The second-order valence-electron chi connectivity index (χ2n) is 8.44. The molecule has 2 aromatic carbocycles. The molecule has 5 rings (SSSR count). The van der Waals surface area contributed by atoms with Crippen LogP contribution in [-0.4, -0.2) is 46.5 Å². The Kier molecular flexibility index (Phi) is 4.91. The van der Waals surface area contributed by atoms with Gasteiger partial charge in [-0.2, -0.15) is 0 Å². The predicted octanol–water partition coefficient (Wildman–Crippen LogP) is 4.40. The number of hydrogen-bond acceptors (Lipinski definition) is 3. The summed E-state index contributed by atoms with van der Waals surface area (Å²) in [5, 5.41) is 7.75. The first kappa shape index (κ1) is 19.1. The summed E-state index contributed by atoms with van der Waals surface area (Å²) in [5.41, 5.74) is 4.32. The van der Waals surface area contributed by atoms with Crippen LogP contribution < -0.4 is 5.32 Å². The van der Waals surface area contributed by atoms with Crippen LogP contribution in [0.15, 0.2) is 42.7 Å². The zero-order valence-electron chi connectivity index (χ0n) is 17.7. The number of pyridine rings is 1. The van der Waals surface area contributed by atoms with Crippen molar-refractivity contribution in [3.63, 3.8) is 0 Å². The summed E-state index contributed by atoms with van der Waals surface area (Å²) in [5.74, 6) is 0.00471. The van der Waals surface area contributed by atoms with E-state index in [2.05, 4.69) is 51.9 Å². The predicted molar refractivity (Wildman–Crippen MR) is 123 cm³/mol. The van der Waals surface area contributed by atoms with Gasteiger partial charge in [0.2, 0.25) is 0 Å². The monoisotopic (exact) mass is 400 g/mol. The molecule has 30 heavy (non-hydrogen) atoms. The molecule has 1 aliphatic heterocycles. The van der Waals surface area contributed by atoms with Crippen molar-refractivity contribution < 1.29 is 4.79 Å². The highest BCUT2D eigenvalue weighted by Crippen LogP contribution is 2.35. The van der Waals surface area contributed by atoms with Gasteiger partial charge >= 0.3 is 0 Å². The van der Waals surface area contributed by atoms with E-state index in [-0.39, 0.29) is 5.91 Å². The van der Waals surface area contributed by atoms with Gasteiger partial charge in [0.1, 0.15) is 0 Å². The third-order valence-electron chi connectivity index (χ3n) is 6.57. The Balaban J connectivity index is 1.47. The zero-order chi connectivity index (χ0) is 20.7. The second-order valence-corrected chi connectivity index (χ2v) is 8.44. The van der Waals surface area contributed by atoms with Crippen molar-refractivity contribution in [2.24, 2.45) is 7.05 Å². The largest absolute Gasteiger partial charge is 0.351 e. The maximum absolute atomic E-state index is 12.8. The summed E-state index contributed by atoms with van der Waals surface area (Å²) in [6.07, 6.45) is 7.64. The highest BCUT2D eigenvalue weighted by Gasteiger charge is 2.16. The highest BCUT2D eigenvalue weighted by atomic mass is 16.1. The minimum absolute atomic E-state index is 0.00471. The van der Waals surface area contributed by atoms with Gasteiger partial charge in [-0.15, -0.1) is 0 Å². The molecular weight excluding hydrogens is 372 g/mol. The van der Waals surface area contributed by atoms with E-state index in [4.69, 9.17) is 0 Å². The SMILES string of the molecule is Cc1c2ccncc2cc2c3cc(C(=O)NCCN4CCCCC4)ccc3n(C)c12. The first-order chi connectivity index (χ1) is 14.6. The minimum Gasteiger partial charge on any atom is -0.351 e. The van der Waals surface area contributed by atoms with E-state index in [1.165, 1.54) is 41.1 Å². The molecule has 0 aliphatic carbocycles. The molecule has 2 aromatic heterocycles. The fourth-order valence-corrected chi connectivity index (χ4v) is 4.97. The third-order valence-corrected chi connectivity index (χ3v) is 6.57. The Bertz CT molecular complexity index is 1250. The number of carbonyl (C=O) groups is 1. The molecule has 5 heteroatoms. The van der Waals surface area contributed by atoms with E-state index in [9.17, 15) is 4.79 Å². The Labute approximate surface area is 176 Å². The number of aryl methyl sites for hydroxylation is 2. The average molecular weight is 401 g/mol. The number of nitrogens with zero attached hydrogens (tertiary/aromatic N) is 3. The Hall–Kier alpha value is -2.92. The van der Waals surface area contributed by atoms with Gasteiger partial charge in [0, 0.05) is 59.8 Å². The van der Waals surface area contributed by atoms with Crippen molar-refractivity contribution in [1.29, 1.82) is 0 Å². The van der Waals surface area contributed by atoms with Gasteiger partial charge in [-0.05, 0) is 74.1 Å². The molecule has 0 radical (unpaired) electrons. The molecule has 154 valence electrons. The molecule has 1 amide bonds. The van der Waals surface area contributed by atoms with Crippen molar-refractivity contribution in [1.82, 2.24) is 19.8 Å². The lowest BCUT2D eigenvalue weighted by atomic mass is 10.0. The lowest BCUT2D eigenvalue weighted by Gasteiger charge is -2.26. The summed E-state index contributed by atoms with van der Waals surface area (Å²) in [4.78, 5) is 19.5. The summed E-state index contributed by atoms with van der Waals surface area (Å²) in [7, 11) is 2.10. The molecular formula is C25H28N4O. The Morgan fingerprint density at radius 3 is 2.73 bits per heavy atom. The van der Waals surface area contributed by atoms with E-state index in [1.54, 1.807) is 0 Å². The van der Waals surface area contributed by atoms with Crippen LogP contribution in [0.1, 0.15) is 35.2 Å². The normalized spacial score (nSPS) is 15.3. The van der Waals surface area contributed by atoms with Crippen LogP contribution in [0.3, 0.4) is 0 Å². The third kappa shape index (κ3) is 3.23. The number of rotatable bonds is 4.